The largest absolute Gasteiger partial charge is 0.487 e. The molecular formula is C24H30N4O2Si. The van der Waals surface area contributed by atoms with E-state index in [4.69, 9.17) is 14.5 Å². The summed E-state index contributed by atoms with van der Waals surface area (Å²) in [5, 5.41) is 5.37. The highest BCUT2D eigenvalue weighted by Crippen LogP contribution is 2.32. The predicted molar refractivity (Wildman–Crippen MR) is 127 cm³/mol. The van der Waals surface area contributed by atoms with Gasteiger partial charge in [0, 0.05) is 50.6 Å². The van der Waals surface area contributed by atoms with Crippen LogP contribution >= 0.6 is 0 Å². The van der Waals surface area contributed by atoms with E-state index in [1.807, 2.05) is 42.3 Å². The normalized spacial score (nSPS) is 11.9. The van der Waals surface area contributed by atoms with E-state index in [-0.39, 0.29) is 0 Å². The number of pyridine rings is 1. The Morgan fingerprint density at radius 3 is 2.55 bits per heavy atom. The minimum absolute atomic E-state index is 0.485. The summed E-state index contributed by atoms with van der Waals surface area (Å²) in [6, 6.07) is 13.4. The average Bonchev–Trinajstić information content (AvgIpc) is 3.33. The van der Waals surface area contributed by atoms with Gasteiger partial charge in [0.25, 0.3) is 0 Å². The lowest BCUT2D eigenvalue weighted by Crippen LogP contribution is -2.22. The van der Waals surface area contributed by atoms with Crippen molar-refractivity contribution in [3.63, 3.8) is 0 Å². The smallest absolute Gasteiger partial charge is 0.142 e. The van der Waals surface area contributed by atoms with Gasteiger partial charge in [-0.15, -0.1) is 0 Å². The lowest BCUT2D eigenvalue weighted by molar-refractivity contribution is 0.0899. The van der Waals surface area contributed by atoms with E-state index in [0.29, 0.717) is 13.3 Å². The maximum atomic E-state index is 6.02. The maximum absolute atomic E-state index is 6.02. The van der Waals surface area contributed by atoms with Gasteiger partial charge in [0.2, 0.25) is 0 Å². The molecule has 0 N–H and O–H groups in total. The van der Waals surface area contributed by atoms with Crippen molar-refractivity contribution in [2.45, 2.75) is 39.0 Å². The van der Waals surface area contributed by atoms with Crippen LogP contribution in [0.4, 0.5) is 0 Å². The van der Waals surface area contributed by atoms with Crippen LogP contribution in [0.2, 0.25) is 25.7 Å². The average molecular weight is 435 g/mol. The highest BCUT2D eigenvalue weighted by molar-refractivity contribution is 6.76. The van der Waals surface area contributed by atoms with Crippen LogP contribution in [0.5, 0.6) is 5.75 Å². The standard InChI is InChI=1S/C24H30N4O2Si/c1-27-15-20(13-26-27)23-16-28(18-29-10-11-31(2,3)4)24-22(23)12-21(14-25-24)30-17-19-8-6-5-7-9-19/h5-9,12-16H,10-11,17-18H2,1-4H3. The van der Waals surface area contributed by atoms with Crippen molar-refractivity contribution in [1.29, 1.82) is 0 Å². The van der Waals surface area contributed by atoms with Crippen LogP contribution in [0.15, 0.2) is 61.2 Å². The van der Waals surface area contributed by atoms with Crippen LogP contribution in [0.25, 0.3) is 22.2 Å². The fourth-order valence-electron chi connectivity index (χ4n) is 3.40. The molecule has 1 aromatic carbocycles. The molecule has 6 nitrogen and oxygen atoms in total. The molecule has 0 unspecified atom stereocenters. The van der Waals surface area contributed by atoms with E-state index in [1.165, 1.54) is 0 Å². The van der Waals surface area contributed by atoms with Crippen LogP contribution in [-0.4, -0.2) is 34.0 Å². The number of fused-ring (bicyclic) bond motifs is 1. The van der Waals surface area contributed by atoms with E-state index in [2.05, 4.69) is 53.7 Å². The molecule has 0 atom stereocenters. The molecule has 0 aliphatic carbocycles. The van der Waals surface area contributed by atoms with Crippen molar-refractivity contribution < 1.29 is 9.47 Å². The Morgan fingerprint density at radius 2 is 1.84 bits per heavy atom. The molecule has 0 fully saturated rings. The predicted octanol–water partition coefficient (Wildman–Crippen LogP) is 5.33. The van der Waals surface area contributed by atoms with Gasteiger partial charge in [-0.1, -0.05) is 50.0 Å². The van der Waals surface area contributed by atoms with Crippen molar-refractivity contribution in [2.24, 2.45) is 7.05 Å². The van der Waals surface area contributed by atoms with E-state index >= 15 is 0 Å². The maximum Gasteiger partial charge on any atom is 0.142 e. The zero-order chi connectivity index (χ0) is 21.8. The molecule has 0 saturated carbocycles. The minimum atomic E-state index is -1.12. The van der Waals surface area contributed by atoms with Gasteiger partial charge in [-0.2, -0.15) is 5.10 Å². The Hall–Kier alpha value is -2.90. The van der Waals surface area contributed by atoms with Gasteiger partial charge in [-0.3, -0.25) is 4.68 Å². The van der Waals surface area contributed by atoms with Crippen LogP contribution in [0.1, 0.15) is 5.56 Å². The first kappa shape index (κ1) is 21.3. The number of aromatic nitrogens is 4. The van der Waals surface area contributed by atoms with Crippen molar-refractivity contribution >= 4 is 19.1 Å². The van der Waals surface area contributed by atoms with Gasteiger partial charge in [0.05, 0.1) is 12.4 Å². The summed E-state index contributed by atoms with van der Waals surface area (Å²) in [7, 11) is 0.810. The zero-order valence-electron chi connectivity index (χ0n) is 18.7. The van der Waals surface area contributed by atoms with E-state index in [0.717, 1.165) is 46.1 Å². The highest BCUT2D eigenvalue weighted by Gasteiger charge is 2.16. The monoisotopic (exact) mass is 434 g/mol. The first-order valence-corrected chi connectivity index (χ1v) is 14.3. The van der Waals surface area contributed by atoms with Crippen molar-refractivity contribution in [3.8, 4) is 16.9 Å². The fourth-order valence-corrected chi connectivity index (χ4v) is 4.16. The minimum Gasteiger partial charge on any atom is -0.487 e. The lowest BCUT2D eigenvalue weighted by Gasteiger charge is -2.15. The summed E-state index contributed by atoms with van der Waals surface area (Å²) < 4.78 is 15.9. The van der Waals surface area contributed by atoms with Gasteiger partial charge < -0.3 is 14.0 Å². The molecule has 0 amide bonds. The third-order valence-corrected chi connectivity index (χ3v) is 6.88. The van der Waals surface area contributed by atoms with E-state index in [1.54, 1.807) is 6.20 Å². The molecule has 4 aromatic rings. The van der Waals surface area contributed by atoms with Crippen LogP contribution in [-0.2, 0) is 25.1 Å². The first-order chi connectivity index (χ1) is 14.9. The number of nitrogens with zero attached hydrogens (tertiary/aromatic N) is 4. The second-order valence-corrected chi connectivity index (χ2v) is 14.7. The molecule has 3 heterocycles. The zero-order valence-corrected chi connectivity index (χ0v) is 19.7. The Bertz CT molecular complexity index is 1150. The molecule has 0 bridgehead atoms. The molecule has 0 saturated heterocycles. The first-order valence-electron chi connectivity index (χ1n) is 10.6. The van der Waals surface area contributed by atoms with Crippen LogP contribution < -0.4 is 4.74 Å². The summed E-state index contributed by atoms with van der Waals surface area (Å²) in [5.74, 6) is 0.749. The SMILES string of the molecule is Cn1cc(-c2cn(COCC[Si](C)(C)C)c3ncc(OCc4ccccc4)cc23)cn1. The summed E-state index contributed by atoms with van der Waals surface area (Å²) in [4.78, 5) is 4.71. The van der Waals surface area contributed by atoms with E-state index in [9.17, 15) is 0 Å². The second-order valence-electron chi connectivity index (χ2n) is 9.08. The highest BCUT2D eigenvalue weighted by atomic mass is 28.3. The van der Waals surface area contributed by atoms with Gasteiger partial charge in [0.1, 0.15) is 24.7 Å². The molecular weight excluding hydrogens is 404 g/mol. The number of aryl methyl sites for hydroxylation is 1. The third-order valence-electron chi connectivity index (χ3n) is 5.18. The Balaban J connectivity index is 1.59. The van der Waals surface area contributed by atoms with Crippen molar-refractivity contribution in [1.82, 2.24) is 19.3 Å². The molecule has 0 aliphatic rings. The third kappa shape index (κ3) is 5.42. The van der Waals surface area contributed by atoms with Crippen LogP contribution in [0.3, 0.4) is 0 Å². The van der Waals surface area contributed by atoms with Crippen LogP contribution in [0, 0.1) is 0 Å². The second kappa shape index (κ2) is 9.07. The van der Waals surface area contributed by atoms with E-state index < -0.39 is 8.07 Å². The Labute approximate surface area is 184 Å². The number of hydrogen-bond acceptors (Lipinski definition) is 4. The van der Waals surface area contributed by atoms with Gasteiger partial charge >= 0.3 is 0 Å². The molecule has 162 valence electrons. The Morgan fingerprint density at radius 1 is 1.03 bits per heavy atom. The Kier molecular flexibility index (Phi) is 6.24. The lowest BCUT2D eigenvalue weighted by atomic mass is 10.1. The fraction of sp³-hybridized carbons (Fsp3) is 0.333. The number of hydrogen-bond donors (Lipinski definition) is 0. The van der Waals surface area contributed by atoms with Gasteiger partial charge in [0.15, 0.2) is 0 Å². The number of benzene rings is 1. The topological polar surface area (TPSA) is 54.1 Å². The molecule has 3 aromatic heterocycles. The van der Waals surface area contributed by atoms with Gasteiger partial charge in [-0.05, 0) is 17.7 Å². The van der Waals surface area contributed by atoms with Gasteiger partial charge in [-0.25, -0.2) is 4.98 Å². The molecule has 0 aliphatic heterocycles. The molecule has 7 heteroatoms. The summed E-state index contributed by atoms with van der Waals surface area (Å²) in [5.41, 5.74) is 4.15. The summed E-state index contributed by atoms with van der Waals surface area (Å²) in [6.45, 7) is 8.85. The van der Waals surface area contributed by atoms with Crippen molar-refractivity contribution in [2.75, 3.05) is 6.61 Å². The molecule has 31 heavy (non-hydrogen) atoms. The molecule has 0 radical (unpaired) electrons. The quantitative estimate of drug-likeness (QED) is 0.264. The number of rotatable bonds is 9. The number of ether oxygens (including phenoxy) is 2. The molecule has 0 spiro atoms. The summed E-state index contributed by atoms with van der Waals surface area (Å²) >= 11 is 0. The molecule has 4 rings (SSSR count). The van der Waals surface area contributed by atoms with Crippen molar-refractivity contribution in [3.05, 3.63) is 66.7 Å². The summed E-state index contributed by atoms with van der Waals surface area (Å²) in [6.07, 6.45) is 7.78.